The lowest BCUT2D eigenvalue weighted by Gasteiger charge is -2.25. The molecule has 1 heterocycles. The largest absolute Gasteiger partial charge is 0.385 e. The molecule has 112 valence electrons. The van der Waals surface area contributed by atoms with Crippen LogP contribution in [0, 0.1) is 5.41 Å². The maximum Gasteiger partial charge on any atom is 0.230 e. The van der Waals surface area contributed by atoms with E-state index in [1.165, 1.54) is 12.8 Å². The lowest BCUT2D eigenvalue weighted by Crippen LogP contribution is -2.36. The van der Waals surface area contributed by atoms with Crippen LogP contribution < -0.4 is 10.6 Å². The number of carbonyl (C=O) groups is 1. The van der Waals surface area contributed by atoms with Gasteiger partial charge in [0, 0.05) is 25.5 Å². The van der Waals surface area contributed by atoms with Gasteiger partial charge < -0.3 is 15.4 Å². The van der Waals surface area contributed by atoms with E-state index in [4.69, 9.17) is 4.74 Å². The molecule has 4 nitrogen and oxygen atoms in total. The van der Waals surface area contributed by atoms with Crippen LogP contribution >= 0.6 is 11.8 Å². The van der Waals surface area contributed by atoms with Gasteiger partial charge in [-0.25, -0.2) is 0 Å². The van der Waals surface area contributed by atoms with Crippen LogP contribution in [-0.2, 0) is 9.53 Å². The SMILES string of the molecule is COCCC(C)(C)CNC(=O)CSC1CCNCC1. The summed E-state index contributed by atoms with van der Waals surface area (Å²) >= 11 is 1.80. The van der Waals surface area contributed by atoms with Crippen LogP contribution in [0.3, 0.4) is 0 Å². The van der Waals surface area contributed by atoms with Crippen LogP contribution in [0.25, 0.3) is 0 Å². The Morgan fingerprint density at radius 1 is 1.42 bits per heavy atom. The highest BCUT2D eigenvalue weighted by Gasteiger charge is 2.19. The number of piperidine rings is 1. The molecule has 0 aliphatic carbocycles. The van der Waals surface area contributed by atoms with E-state index in [0.717, 1.165) is 32.7 Å². The third-order valence-corrected chi connectivity index (χ3v) is 4.86. The smallest absolute Gasteiger partial charge is 0.230 e. The molecule has 0 aromatic heterocycles. The van der Waals surface area contributed by atoms with Crippen molar-refractivity contribution in [2.45, 2.75) is 38.4 Å². The summed E-state index contributed by atoms with van der Waals surface area (Å²) in [5.41, 5.74) is 0.102. The van der Waals surface area contributed by atoms with Crippen LogP contribution in [0.4, 0.5) is 0 Å². The van der Waals surface area contributed by atoms with Gasteiger partial charge in [0.2, 0.25) is 5.91 Å². The molecule has 0 aromatic rings. The van der Waals surface area contributed by atoms with Crippen LogP contribution in [0.1, 0.15) is 33.1 Å². The summed E-state index contributed by atoms with van der Waals surface area (Å²) < 4.78 is 5.09. The van der Waals surface area contributed by atoms with E-state index in [1.54, 1.807) is 18.9 Å². The Kier molecular flexibility index (Phi) is 7.80. The van der Waals surface area contributed by atoms with Crippen LogP contribution in [0.5, 0.6) is 0 Å². The van der Waals surface area contributed by atoms with Crippen molar-refractivity contribution < 1.29 is 9.53 Å². The Labute approximate surface area is 121 Å². The van der Waals surface area contributed by atoms with Gasteiger partial charge >= 0.3 is 0 Å². The van der Waals surface area contributed by atoms with Crippen molar-refractivity contribution in [3.8, 4) is 0 Å². The lowest BCUT2D eigenvalue weighted by molar-refractivity contribution is -0.119. The summed E-state index contributed by atoms with van der Waals surface area (Å²) in [6.45, 7) is 7.96. The Bertz CT molecular complexity index is 266. The molecule has 5 heteroatoms. The van der Waals surface area contributed by atoms with Crippen molar-refractivity contribution in [2.24, 2.45) is 5.41 Å². The van der Waals surface area contributed by atoms with E-state index in [1.807, 2.05) is 0 Å². The number of hydrogen-bond acceptors (Lipinski definition) is 4. The summed E-state index contributed by atoms with van der Waals surface area (Å²) in [5, 5.41) is 7.03. The van der Waals surface area contributed by atoms with E-state index in [0.29, 0.717) is 11.0 Å². The fourth-order valence-electron chi connectivity index (χ4n) is 2.01. The van der Waals surface area contributed by atoms with Gasteiger partial charge in [0.05, 0.1) is 5.75 Å². The molecular formula is C14H28N2O2S. The van der Waals surface area contributed by atoms with Crippen molar-refractivity contribution >= 4 is 17.7 Å². The minimum Gasteiger partial charge on any atom is -0.385 e. The summed E-state index contributed by atoms with van der Waals surface area (Å²) in [4.78, 5) is 11.8. The quantitative estimate of drug-likeness (QED) is 0.713. The number of ether oxygens (including phenoxy) is 1. The Balaban J connectivity index is 2.12. The van der Waals surface area contributed by atoms with Gasteiger partial charge in [-0.15, -0.1) is 11.8 Å². The summed E-state index contributed by atoms with van der Waals surface area (Å²) in [6, 6.07) is 0. The zero-order valence-corrected chi connectivity index (χ0v) is 13.3. The zero-order valence-electron chi connectivity index (χ0n) is 12.5. The Hall–Kier alpha value is -0.260. The van der Waals surface area contributed by atoms with Crippen molar-refractivity contribution in [3.05, 3.63) is 0 Å². The van der Waals surface area contributed by atoms with E-state index in [2.05, 4.69) is 24.5 Å². The first kappa shape index (κ1) is 16.8. The third kappa shape index (κ3) is 7.80. The molecule has 0 aromatic carbocycles. The maximum absolute atomic E-state index is 11.8. The van der Waals surface area contributed by atoms with Gasteiger partial charge in [-0.1, -0.05) is 13.8 Å². The highest BCUT2D eigenvalue weighted by molar-refractivity contribution is 8.00. The molecule has 19 heavy (non-hydrogen) atoms. The minimum atomic E-state index is 0.102. The molecule has 1 rings (SSSR count). The van der Waals surface area contributed by atoms with Gasteiger partial charge in [-0.3, -0.25) is 4.79 Å². The highest BCUT2D eigenvalue weighted by atomic mass is 32.2. The fraction of sp³-hybridized carbons (Fsp3) is 0.929. The number of hydrogen-bond donors (Lipinski definition) is 2. The predicted molar refractivity (Wildman–Crippen MR) is 81.6 cm³/mol. The third-order valence-electron chi connectivity index (χ3n) is 3.48. The average molecular weight is 288 g/mol. The van der Waals surface area contributed by atoms with Crippen LogP contribution in [-0.4, -0.2) is 50.3 Å². The molecule has 1 aliphatic heterocycles. The Morgan fingerprint density at radius 2 is 2.11 bits per heavy atom. The van der Waals surface area contributed by atoms with Crippen molar-refractivity contribution in [1.29, 1.82) is 0 Å². The van der Waals surface area contributed by atoms with E-state index < -0.39 is 0 Å². The molecule has 0 bridgehead atoms. The molecule has 0 radical (unpaired) electrons. The number of amides is 1. The maximum atomic E-state index is 11.8. The summed E-state index contributed by atoms with van der Waals surface area (Å²) in [6.07, 6.45) is 3.32. The van der Waals surface area contributed by atoms with Gasteiger partial charge in [-0.05, 0) is 37.8 Å². The molecule has 2 N–H and O–H groups in total. The molecule has 1 saturated heterocycles. The number of nitrogens with one attached hydrogen (secondary N) is 2. The molecule has 0 spiro atoms. The molecule has 0 saturated carbocycles. The summed E-state index contributed by atoms with van der Waals surface area (Å²) in [5.74, 6) is 0.749. The first-order chi connectivity index (χ1) is 9.03. The van der Waals surface area contributed by atoms with E-state index >= 15 is 0 Å². The second kappa shape index (κ2) is 8.82. The number of rotatable bonds is 8. The molecule has 1 fully saturated rings. The Morgan fingerprint density at radius 3 is 2.74 bits per heavy atom. The van der Waals surface area contributed by atoms with Crippen LogP contribution in [0.2, 0.25) is 0 Å². The van der Waals surface area contributed by atoms with Crippen LogP contribution in [0.15, 0.2) is 0 Å². The normalized spacial score (nSPS) is 17.4. The monoisotopic (exact) mass is 288 g/mol. The molecule has 0 unspecified atom stereocenters. The lowest BCUT2D eigenvalue weighted by atomic mass is 9.90. The average Bonchev–Trinajstić information content (AvgIpc) is 2.42. The molecule has 0 atom stereocenters. The predicted octanol–water partition coefficient (Wildman–Crippen LogP) is 1.65. The molecule has 1 aliphatic rings. The van der Waals surface area contributed by atoms with Crippen molar-refractivity contribution in [3.63, 3.8) is 0 Å². The van der Waals surface area contributed by atoms with Crippen molar-refractivity contribution in [2.75, 3.05) is 39.1 Å². The topological polar surface area (TPSA) is 50.4 Å². The van der Waals surface area contributed by atoms with Gasteiger partial charge in [0.25, 0.3) is 0 Å². The molecular weight excluding hydrogens is 260 g/mol. The second-order valence-corrected chi connectivity index (χ2v) is 7.23. The number of carbonyl (C=O) groups excluding carboxylic acids is 1. The van der Waals surface area contributed by atoms with Gasteiger partial charge in [0.1, 0.15) is 0 Å². The minimum absolute atomic E-state index is 0.102. The first-order valence-corrected chi connectivity index (χ1v) is 8.16. The molecule has 1 amide bonds. The first-order valence-electron chi connectivity index (χ1n) is 7.11. The number of thioether (sulfide) groups is 1. The number of methoxy groups -OCH3 is 1. The second-order valence-electron chi connectivity index (χ2n) is 5.94. The fourth-order valence-corrected chi connectivity index (χ4v) is 3.07. The van der Waals surface area contributed by atoms with E-state index in [-0.39, 0.29) is 11.3 Å². The highest BCUT2D eigenvalue weighted by Crippen LogP contribution is 2.21. The van der Waals surface area contributed by atoms with Gasteiger partial charge in [0.15, 0.2) is 0 Å². The standard InChI is InChI=1S/C14H28N2O2S/c1-14(2,6-9-18-3)11-16-13(17)10-19-12-4-7-15-8-5-12/h12,15H,4-11H2,1-3H3,(H,16,17). The zero-order chi connectivity index (χ0) is 14.1. The van der Waals surface area contributed by atoms with Gasteiger partial charge in [-0.2, -0.15) is 0 Å². The van der Waals surface area contributed by atoms with Crippen molar-refractivity contribution in [1.82, 2.24) is 10.6 Å². The van der Waals surface area contributed by atoms with E-state index in [9.17, 15) is 4.79 Å². The summed E-state index contributed by atoms with van der Waals surface area (Å²) in [7, 11) is 1.71.